The third-order valence-electron chi connectivity index (χ3n) is 6.28. The lowest BCUT2D eigenvalue weighted by molar-refractivity contribution is -0.137. The highest BCUT2D eigenvalue weighted by atomic mass is 32.2. The van der Waals surface area contributed by atoms with E-state index < -0.39 is 16.1 Å². The van der Waals surface area contributed by atoms with Gasteiger partial charge in [-0.2, -0.15) is 4.31 Å². The van der Waals surface area contributed by atoms with E-state index in [1.54, 1.807) is 6.07 Å². The minimum absolute atomic E-state index is 0.0955. The first-order chi connectivity index (χ1) is 14.4. The van der Waals surface area contributed by atoms with Crippen LogP contribution in [0, 0.1) is 5.92 Å². The molecule has 0 bridgehead atoms. The Balaban J connectivity index is 1.43. The number of piperazine rings is 1. The Morgan fingerprint density at radius 1 is 1.13 bits per heavy atom. The summed E-state index contributed by atoms with van der Waals surface area (Å²) in [7, 11) is -3.72. The van der Waals surface area contributed by atoms with Gasteiger partial charge in [0.1, 0.15) is 5.75 Å². The highest BCUT2D eigenvalue weighted by Crippen LogP contribution is 2.33. The van der Waals surface area contributed by atoms with Crippen molar-refractivity contribution >= 4 is 27.5 Å². The maximum Gasteiger partial charge on any atom is 0.265 e. The zero-order valence-corrected chi connectivity index (χ0v) is 18.1. The third kappa shape index (κ3) is 4.05. The van der Waals surface area contributed by atoms with Crippen LogP contribution in [0.1, 0.15) is 45.4 Å². The standard InChI is InChI=1S/C21H29N3O5S/c1-2-18-20(25)22-17-14-16(8-9-19(17)29-18)30(27,28)24-12-10-23(11-13-24)21(26)15-6-4-3-5-7-15/h8-9,14-15,18H,2-7,10-13H2,1H3,(H,22,25)/t18-/m0/s1. The summed E-state index contributed by atoms with van der Waals surface area (Å²) < 4.78 is 33.3. The molecule has 3 aliphatic rings. The third-order valence-corrected chi connectivity index (χ3v) is 8.18. The van der Waals surface area contributed by atoms with Crippen molar-refractivity contribution in [1.29, 1.82) is 0 Å². The number of carbonyl (C=O) groups excluding carboxylic acids is 2. The van der Waals surface area contributed by atoms with Gasteiger partial charge in [-0.25, -0.2) is 8.42 Å². The fourth-order valence-electron chi connectivity index (χ4n) is 4.46. The molecule has 2 amide bonds. The summed E-state index contributed by atoms with van der Waals surface area (Å²) in [6.07, 6.45) is 5.26. The van der Waals surface area contributed by atoms with Crippen molar-refractivity contribution < 1.29 is 22.7 Å². The number of nitrogens with zero attached hydrogens (tertiary/aromatic N) is 2. The van der Waals surface area contributed by atoms with E-state index in [9.17, 15) is 18.0 Å². The van der Waals surface area contributed by atoms with E-state index in [2.05, 4.69) is 5.32 Å². The van der Waals surface area contributed by atoms with Crippen LogP contribution in [0.5, 0.6) is 5.75 Å². The van der Waals surface area contributed by atoms with Gasteiger partial charge in [-0.15, -0.1) is 0 Å². The summed E-state index contributed by atoms with van der Waals surface area (Å²) in [6.45, 7) is 3.24. The highest BCUT2D eigenvalue weighted by molar-refractivity contribution is 7.89. The topological polar surface area (TPSA) is 96.0 Å². The number of benzene rings is 1. The molecule has 0 aromatic heterocycles. The summed E-state index contributed by atoms with van der Waals surface area (Å²) in [5, 5.41) is 2.73. The Morgan fingerprint density at radius 3 is 2.50 bits per heavy atom. The van der Waals surface area contributed by atoms with E-state index in [1.165, 1.54) is 22.9 Å². The van der Waals surface area contributed by atoms with Crippen LogP contribution in [0.25, 0.3) is 0 Å². The lowest BCUT2D eigenvalue weighted by atomic mass is 9.88. The molecule has 1 saturated heterocycles. The predicted molar refractivity (Wildman–Crippen MR) is 112 cm³/mol. The highest BCUT2D eigenvalue weighted by Gasteiger charge is 2.34. The van der Waals surface area contributed by atoms with Gasteiger partial charge in [0, 0.05) is 32.1 Å². The molecule has 0 spiro atoms. The fourth-order valence-corrected chi connectivity index (χ4v) is 5.91. The first kappa shape index (κ1) is 21.1. The summed E-state index contributed by atoms with van der Waals surface area (Å²) in [4.78, 5) is 26.7. The second kappa shape index (κ2) is 8.55. The quantitative estimate of drug-likeness (QED) is 0.782. The van der Waals surface area contributed by atoms with Crippen molar-refractivity contribution in [1.82, 2.24) is 9.21 Å². The molecule has 1 saturated carbocycles. The number of hydrogen-bond acceptors (Lipinski definition) is 5. The second-order valence-corrected chi connectivity index (χ2v) is 10.2. The van der Waals surface area contributed by atoms with Gasteiger partial charge >= 0.3 is 0 Å². The molecule has 2 fully saturated rings. The van der Waals surface area contributed by atoms with Gasteiger partial charge in [-0.3, -0.25) is 9.59 Å². The van der Waals surface area contributed by atoms with Crippen LogP contribution in [-0.2, 0) is 19.6 Å². The number of nitrogens with one attached hydrogen (secondary N) is 1. The molecule has 164 valence electrons. The minimum Gasteiger partial charge on any atom is -0.478 e. The number of amides is 2. The van der Waals surface area contributed by atoms with Gasteiger partial charge in [0.15, 0.2) is 6.10 Å². The number of carbonyl (C=O) groups is 2. The normalized spacial score (nSPS) is 23.4. The molecule has 8 nitrogen and oxygen atoms in total. The summed E-state index contributed by atoms with van der Waals surface area (Å²) in [5.41, 5.74) is 0.372. The predicted octanol–water partition coefficient (Wildman–Crippen LogP) is 2.21. The number of ether oxygens (including phenoxy) is 1. The number of sulfonamides is 1. The van der Waals surface area contributed by atoms with Crippen LogP contribution in [0.2, 0.25) is 0 Å². The van der Waals surface area contributed by atoms with E-state index in [0.717, 1.165) is 25.7 Å². The minimum atomic E-state index is -3.72. The summed E-state index contributed by atoms with van der Waals surface area (Å²) >= 11 is 0. The van der Waals surface area contributed by atoms with Crippen LogP contribution < -0.4 is 10.1 Å². The molecule has 1 aliphatic carbocycles. The lowest BCUT2D eigenvalue weighted by Crippen LogP contribution is -2.52. The Bertz CT molecular complexity index is 919. The molecule has 0 radical (unpaired) electrons. The molecule has 4 rings (SSSR count). The van der Waals surface area contributed by atoms with Gasteiger partial charge in [0.25, 0.3) is 5.91 Å². The molecule has 1 aromatic carbocycles. The van der Waals surface area contributed by atoms with E-state index >= 15 is 0 Å². The van der Waals surface area contributed by atoms with Gasteiger partial charge in [-0.1, -0.05) is 26.2 Å². The fraction of sp³-hybridized carbons (Fsp3) is 0.619. The molecule has 2 heterocycles. The molecule has 1 atom stereocenters. The molecule has 1 N–H and O–H groups in total. The van der Waals surface area contributed by atoms with Crippen molar-refractivity contribution in [3.8, 4) is 5.75 Å². The molecule has 1 aromatic rings. The smallest absolute Gasteiger partial charge is 0.265 e. The number of hydrogen-bond donors (Lipinski definition) is 1. The van der Waals surface area contributed by atoms with E-state index in [1.807, 2.05) is 11.8 Å². The van der Waals surface area contributed by atoms with Crippen molar-refractivity contribution in [3.63, 3.8) is 0 Å². The molecule has 30 heavy (non-hydrogen) atoms. The lowest BCUT2D eigenvalue weighted by Gasteiger charge is -2.36. The zero-order valence-electron chi connectivity index (χ0n) is 17.3. The Morgan fingerprint density at radius 2 is 1.83 bits per heavy atom. The van der Waals surface area contributed by atoms with Gasteiger partial charge in [0.2, 0.25) is 15.9 Å². The number of fused-ring (bicyclic) bond motifs is 1. The monoisotopic (exact) mass is 435 g/mol. The van der Waals surface area contributed by atoms with Crippen molar-refractivity contribution in [3.05, 3.63) is 18.2 Å². The summed E-state index contributed by atoms with van der Waals surface area (Å²) in [6, 6.07) is 4.55. The van der Waals surface area contributed by atoms with Gasteiger partial charge in [-0.05, 0) is 37.5 Å². The maximum atomic E-state index is 13.1. The van der Waals surface area contributed by atoms with E-state index in [-0.39, 0.29) is 35.7 Å². The van der Waals surface area contributed by atoms with Gasteiger partial charge < -0.3 is 15.0 Å². The molecule has 9 heteroatoms. The van der Waals surface area contributed by atoms with Crippen LogP contribution in [-0.4, -0.2) is 61.7 Å². The van der Waals surface area contributed by atoms with Crippen LogP contribution >= 0.6 is 0 Å². The second-order valence-electron chi connectivity index (χ2n) is 8.23. The number of anilines is 1. The SMILES string of the molecule is CC[C@@H]1Oc2ccc(S(=O)(=O)N3CCN(C(=O)C4CCCCC4)CC3)cc2NC1=O. The van der Waals surface area contributed by atoms with Crippen LogP contribution in [0.15, 0.2) is 23.1 Å². The van der Waals surface area contributed by atoms with Crippen molar-refractivity contribution in [2.45, 2.75) is 56.4 Å². The number of rotatable bonds is 4. The zero-order chi connectivity index (χ0) is 21.3. The van der Waals surface area contributed by atoms with E-state index in [0.29, 0.717) is 30.9 Å². The summed E-state index contributed by atoms with van der Waals surface area (Å²) in [5.74, 6) is 0.474. The molecule has 0 unspecified atom stereocenters. The average Bonchev–Trinajstić information content (AvgIpc) is 2.78. The van der Waals surface area contributed by atoms with Gasteiger partial charge in [0.05, 0.1) is 10.6 Å². The Labute approximate surface area is 177 Å². The van der Waals surface area contributed by atoms with Crippen LogP contribution in [0.4, 0.5) is 5.69 Å². The van der Waals surface area contributed by atoms with Crippen LogP contribution in [0.3, 0.4) is 0 Å². The molecule has 2 aliphatic heterocycles. The first-order valence-corrected chi connectivity index (χ1v) is 12.2. The Hall–Kier alpha value is -2.13. The van der Waals surface area contributed by atoms with Crippen molar-refractivity contribution in [2.75, 3.05) is 31.5 Å². The first-order valence-electron chi connectivity index (χ1n) is 10.8. The van der Waals surface area contributed by atoms with E-state index in [4.69, 9.17) is 4.74 Å². The molecular formula is C21H29N3O5S. The van der Waals surface area contributed by atoms with Crippen molar-refractivity contribution in [2.24, 2.45) is 5.92 Å². The average molecular weight is 436 g/mol. The molecular weight excluding hydrogens is 406 g/mol. The maximum absolute atomic E-state index is 13.1. The largest absolute Gasteiger partial charge is 0.478 e. The Kier molecular flexibility index (Phi) is 6.02.